The zero-order valence-corrected chi connectivity index (χ0v) is 11.7. The summed E-state index contributed by atoms with van der Waals surface area (Å²) >= 11 is 0. The Labute approximate surface area is 114 Å². The van der Waals surface area contributed by atoms with Crippen LogP contribution >= 0.6 is 0 Å². The molecule has 2 N–H and O–H groups in total. The van der Waals surface area contributed by atoms with Crippen molar-refractivity contribution >= 4 is 10.0 Å². The van der Waals surface area contributed by atoms with Crippen LogP contribution in [-0.4, -0.2) is 37.4 Å². The van der Waals surface area contributed by atoms with Gasteiger partial charge in [0.25, 0.3) is 10.0 Å². The zero-order chi connectivity index (χ0) is 15.4. The Balaban J connectivity index is 2.54. The average Bonchev–Trinajstić information content (AvgIpc) is 2.70. The van der Waals surface area contributed by atoms with Crippen LogP contribution in [0.1, 0.15) is 19.2 Å². The highest BCUT2D eigenvalue weighted by Gasteiger charge is 2.27. The molecule has 0 amide bonds. The van der Waals surface area contributed by atoms with E-state index in [2.05, 4.69) is 9.72 Å². The highest BCUT2D eigenvalue weighted by molar-refractivity contribution is 7.89. The highest BCUT2D eigenvalue weighted by atomic mass is 32.2. The maximum absolute atomic E-state index is 11.8. The lowest BCUT2D eigenvalue weighted by Crippen LogP contribution is -2.18. The SMILES string of the molecule is CCc1nc(S(N)(=O)=O)cn1CCCOCC(F)(F)F. The molecule has 20 heavy (non-hydrogen) atoms. The van der Waals surface area contributed by atoms with Crippen LogP contribution in [-0.2, 0) is 27.7 Å². The fourth-order valence-electron chi connectivity index (χ4n) is 1.57. The number of sulfonamides is 1. The minimum Gasteiger partial charge on any atom is -0.372 e. The Kier molecular flexibility index (Phi) is 5.54. The molecule has 1 aromatic heterocycles. The van der Waals surface area contributed by atoms with E-state index in [-0.39, 0.29) is 11.6 Å². The molecule has 0 aliphatic heterocycles. The number of ether oxygens (including phenoxy) is 1. The van der Waals surface area contributed by atoms with Gasteiger partial charge in [-0.1, -0.05) is 6.92 Å². The van der Waals surface area contributed by atoms with Crippen LogP contribution in [0, 0.1) is 0 Å². The van der Waals surface area contributed by atoms with Crippen molar-refractivity contribution < 1.29 is 26.3 Å². The van der Waals surface area contributed by atoms with Gasteiger partial charge < -0.3 is 9.30 Å². The summed E-state index contributed by atoms with van der Waals surface area (Å²) < 4.78 is 63.8. The first-order chi connectivity index (χ1) is 9.13. The van der Waals surface area contributed by atoms with Crippen molar-refractivity contribution in [2.75, 3.05) is 13.2 Å². The molecule has 1 aromatic rings. The van der Waals surface area contributed by atoms with E-state index in [0.29, 0.717) is 25.2 Å². The van der Waals surface area contributed by atoms with Crippen LogP contribution < -0.4 is 5.14 Å². The van der Waals surface area contributed by atoms with E-state index in [9.17, 15) is 21.6 Å². The van der Waals surface area contributed by atoms with Gasteiger partial charge in [0.1, 0.15) is 12.4 Å². The number of imidazole rings is 1. The van der Waals surface area contributed by atoms with Gasteiger partial charge >= 0.3 is 6.18 Å². The summed E-state index contributed by atoms with van der Waals surface area (Å²) in [5.74, 6) is 0.504. The molecule has 0 aliphatic rings. The third kappa shape index (κ3) is 5.47. The molecular formula is C10H16F3N3O3S. The number of primary sulfonamides is 1. The lowest BCUT2D eigenvalue weighted by Gasteiger charge is -2.08. The number of nitrogens with zero attached hydrogens (tertiary/aromatic N) is 2. The van der Waals surface area contributed by atoms with Crippen molar-refractivity contribution in [3.8, 4) is 0 Å². The van der Waals surface area contributed by atoms with Crippen LogP contribution in [0.4, 0.5) is 13.2 Å². The minimum absolute atomic E-state index is 0.0778. The van der Waals surface area contributed by atoms with Gasteiger partial charge in [0.05, 0.1) is 0 Å². The first kappa shape index (κ1) is 16.9. The number of alkyl halides is 3. The fourth-order valence-corrected chi connectivity index (χ4v) is 2.07. The summed E-state index contributed by atoms with van der Waals surface area (Å²) in [5, 5.41) is 4.72. The number of aromatic nitrogens is 2. The van der Waals surface area contributed by atoms with Crippen molar-refractivity contribution in [2.24, 2.45) is 5.14 Å². The lowest BCUT2D eigenvalue weighted by molar-refractivity contribution is -0.174. The van der Waals surface area contributed by atoms with E-state index < -0.39 is 22.8 Å². The minimum atomic E-state index is -4.34. The Morgan fingerprint density at radius 3 is 2.60 bits per heavy atom. The van der Waals surface area contributed by atoms with Gasteiger partial charge in [0.2, 0.25) is 0 Å². The smallest absolute Gasteiger partial charge is 0.372 e. The van der Waals surface area contributed by atoms with E-state index >= 15 is 0 Å². The second-order valence-electron chi connectivity index (χ2n) is 4.11. The average molecular weight is 315 g/mol. The molecule has 0 radical (unpaired) electrons. The predicted molar refractivity (Wildman–Crippen MR) is 64.5 cm³/mol. The summed E-state index contributed by atoms with van der Waals surface area (Å²) in [6.45, 7) is 0.723. The van der Waals surface area contributed by atoms with Gasteiger partial charge in [-0.05, 0) is 6.42 Å². The quantitative estimate of drug-likeness (QED) is 0.762. The van der Waals surface area contributed by atoms with Crippen LogP contribution in [0.3, 0.4) is 0 Å². The van der Waals surface area contributed by atoms with Crippen molar-refractivity contribution in [1.29, 1.82) is 0 Å². The predicted octanol–water partition coefficient (Wildman–Crippen LogP) is 1.06. The lowest BCUT2D eigenvalue weighted by atomic mass is 10.4. The summed E-state index contributed by atoms with van der Waals surface area (Å²) in [6.07, 6.45) is -2.27. The second-order valence-corrected chi connectivity index (χ2v) is 5.62. The second kappa shape index (κ2) is 6.55. The van der Waals surface area contributed by atoms with Crippen LogP contribution in [0.25, 0.3) is 0 Å². The van der Waals surface area contributed by atoms with E-state index in [4.69, 9.17) is 5.14 Å². The molecule has 10 heteroatoms. The Morgan fingerprint density at radius 1 is 1.45 bits per heavy atom. The monoisotopic (exact) mass is 315 g/mol. The normalized spacial score (nSPS) is 12.8. The third-order valence-electron chi connectivity index (χ3n) is 2.40. The summed E-state index contributed by atoms with van der Waals surface area (Å²) in [5.41, 5.74) is 0. The van der Waals surface area contributed by atoms with E-state index in [1.807, 2.05) is 0 Å². The maximum atomic E-state index is 11.8. The first-order valence-electron chi connectivity index (χ1n) is 5.87. The van der Waals surface area contributed by atoms with Gasteiger partial charge in [0, 0.05) is 25.8 Å². The fraction of sp³-hybridized carbons (Fsp3) is 0.700. The summed E-state index contributed by atoms with van der Waals surface area (Å²) in [6, 6.07) is 0. The van der Waals surface area contributed by atoms with Crippen LogP contribution in [0.2, 0.25) is 0 Å². The summed E-state index contributed by atoms with van der Waals surface area (Å²) in [4.78, 5) is 3.87. The summed E-state index contributed by atoms with van der Waals surface area (Å²) in [7, 11) is -3.88. The van der Waals surface area contributed by atoms with Gasteiger partial charge in [-0.25, -0.2) is 18.5 Å². The molecule has 1 rings (SSSR count). The third-order valence-corrected chi connectivity index (χ3v) is 3.18. The molecule has 0 atom stereocenters. The van der Waals surface area contributed by atoms with E-state index in [1.54, 1.807) is 11.5 Å². The Morgan fingerprint density at radius 2 is 2.10 bits per heavy atom. The molecule has 0 saturated heterocycles. The molecule has 0 bridgehead atoms. The van der Waals surface area contributed by atoms with E-state index in [0.717, 1.165) is 0 Å². The van der Waals surface area contributed by atoms with E-state index in [1.165, 1.54) is 6.20 Å². The Hall–Kier alpha value is -1.13. The number of hydrogen-bond donors (Lipinski definition) is 1. The largest absolute Gasteiger partial charge is 0.411 e. The number of nitrogens with two attached hydrogens (primary N) is 1. The van der Waals surface area contributed by atoms with Crippen LogP contribution in [0.5, 0.6) is 0 Å². The van der Waals surface area contributed by atoms with Gasteiger partial charge in [-0.2, -0.15) is 13.2 Å². The van der Waals surface area contributed by atoms with Crippen molar-refractivity contribution in [3.63, 3.8) is 0 Å². The number of rotatable bonds is 7. The molecule has 6 nitrogen and oxygen atoms in total. The van der Waals surface area contributed by atoms with Crippen molar-refractivity contribution in [3.05, 3.63) is 12.0 Å². The number of halogens is 3. The molecule has 0 fully saturated rings. The zero-order valence-electron chi connectivity index (χ0n) is 10.9. The van der Waals surface area contributed by atoms with Crippen molar-refractivity contribution in [1.82, 2.24) is 9.55 Å². The molecule has 0 aliphatic carbocycles. The molecule has 0 aromatic carbocycles. The van der Waals surface area contributed by atoms with Gasteiger partial charge in [-0.15, -0.1) is 0 Å². The topological polar surface area (TPSA) is 87.2 Å². The first-order valence-corrected chi connectivity index (χ1v) is 7.41. The molecule has 116 valence electrons. The number of hydrogen-bond acceptors (Lipinski definition) is 4. The standard InChI is InChI=1S/C10H16F3N3O3S/c1-2-8-15-9(20(14,17)18)6-16(8)4-3-5-19-7-10(11,12)13/h6H,2-5,7H2,1H3,(H2,14,17,18). The molecule has 0 spiro atoms. The van der Waals surface area contributed by atoms with Gasteiger partial charge in [0.15, 0.2) is 5.03 Å². The Bertz CT molecular complexity index is 540. The maximum Gasteiger partial charge on any atom is 0.411 e. The molecule has 1 heterocycles. The molecular weight excluding hydrogens is 299 g/mol. The van der Waals surface area contributed by atoms with Crippen molar-refractivity contribution in [2.45, 2.75) is 37.5 Å². The number of aryl methyl sites for hydroxylation is 2. The molecule has 0 saturated carbocycles. The van der Waals surface area contributed by atoms with Crippen LogP contribution in [0.15, 0.2) is 11.2 Å². The van der Waals surface area contributed by atoms with Gasteiger partial charge in [-0.3, -0.25) is 0 Å². The highest BCUT2D eigenvalue weighted by Crippen LogP contribution is 2.14. The molecule has 0 unspecified atom stereocenters.